The van der Waals surface area contributed by atoms with E-state index in [4.69, 9.17) is 23.2 Å². The molecule has 3 rings (SSSR count). The summed E-state index contributed by atoms with van der Waals surface area (Å²) in [4.78, 5) is 2.54. The van der Waals surface area contributed by atoms with Gasteiger partial charge in [-0.2, -0.15) is 13.2 Å². The van der Waals surface area contributed by atoms with Crippen molar-refractivity contribution in [2.75, 3.05) is 0 Å². The first-order valence-corrected chi connectivity index (χ1v) is 7.30. The van der Waals surface area contributed by atoms with Gasteiger partial charge in [0.2, 0.25) is 5.88 Å². The minimum atomic E-state index is -4.51. The number of fused-ring (bicyclic) bond motifs is 1. The average molecular weight is 374 g/mol. The summed E-state index contributed by atoms with van der Waals surface area (Å²) in [5.41, 5.74) is -0.449. The maximum atomic E-state index is 12.8. The molecule has 9 heteroatoms. The Kier molecular flexibility index (Phi) is 4.15. The van der Waals surface area contributed by atoms with Crippen LogP contribution in [-0.2, 0) is 6.18 Å². The predicted octanol–water partition coefficient (Wildman–Crippen LogP) is 6.61. The second kappa shape index (κ2) is 5.99. The summed E-state index contributed by atoms with van der Waals surface area (Å²) in [5, 5.41) is 18.1. The fourth-order valence-corrected chi connectivity index (χ4v) is 2.45. The zero-order valence-corrected chi connectivity index (χ0v) is 13.2. The highest BCUT2D eigenvalue weighted by molar-refractivity contribution is 6.43. The second-order valence-electron chi connectivity index (χ2n) is 4.85. The number of nitrogens with zero attached hydrogens (tertiary/aromatic N) is 2. The number of rotatable bonds is 2. The molecule has 0 aliphatic heterocycles. The molecule has 2 aromatic carbocycles. The zero-order valence-electron chi connectivity index (χ0n) is 11.7. The monoisotopic (exact) mass is 373 g/mol. The molecule has 24 heavy (non-hydrogen) atoms. The summed E-state index contributed by atoms with van der Waals surface area (Å²) in [6.45, 7) is 0. The van der Waals surface area contributed by atoms with Crippen molar-refractivity contribution >= 4 is 45.5 Å². The SMILES string of the molecule is Oc1[nH]c2ccc(C(F)(F)F)cc2c1N=Nc1cccc(Cl)c1Cl. The maximum absolute atomic E-state index is 12.8. The third kappa shape index (κ3) is 3.05. The Bertz CT molecular complexity index is 951. The fraction of sp³-hybridized carbons (Fsp3) is 0.0667. The second-order valence-corrected chi connectivity index (χ2v) is 5.64. The Morgan fingerprint density at radius 2 is 1.79 bits per heavy atom. The molecular weight excluding hydrogens is 366 g/mol. The van der Waals surface area contributed by atoms with E-state index in [0.29, 0.717) is 5.52 Å². The number of aromatic amines is 1. The molecule has 0 saturated heterocycles. The van der Waals surface area contributed by atoms with Crippen LogP contribution in [0.3, 0.4) is 0 Å². The molecule has 0 spiro atoms. The van der Waals surface area contributed by atoms with Gasteiger partial charge in [0.25, 0.3) is 0 Å². The van der Waals surface area contributed by atoms with E-state index in [-0.39, 0.29) is 26.8 Å². The number of hydrogen-bond donors (Lipinski definition) is 2. The van der Waals surface area contributed by atoms with Gasteiger partial charge in [0.15, 0.2) is 5.69 Å². The van der Waals surface area contributed by atoms with E-state index in [1.54, 1.807) is 12.1 Å². The highest BCUT2D eigenvalue weighted by Gasteiger charge is 2.31. The number of aromatic hydroxyl groups is 1. The van der Waals surface area contributed by atoms with Gasteiger partial charge in [0.1, 0.15) is 5.69 Å². The largest absolute Gasteiger partial charge is 0.493 e. The van der Waals surface area contributed by atoms with Crippen molar-refractivity contribution in [1.29, 1.82) is 0 Å². The molecule has 4 nitrogen and oxygen atoms in total. The molecule has 0 bridgehead atoms. The van der Waals surface area contributed by atoms with Gasteiger partial charge in [-0.15, -0.1) is 10.2 Å². The fourth-order valence-electron chi connectivity index (χ4n) is 2.11. The lowest BCUT2D eigenvalue weighted by Crippen LogP contribution is -2.03. The average Bonchev–Trinajstić information content (AvgIpc) is 2.82. The Morgan fingerprint density at radius 3 is 2.50 bits per heavy atom. The molecule has 0 aliphatic carbocycles. The molecule has 1 aromatic heterocycles. The van der Waals surface area contributed by atoms with Crippen LogP contribution < -0.4 is 0 Å². The minimum absolute atomic E-state index is 0.0872. The van der Waals surface area contributed by atoms with Crippen LogP contribution in [0.25, 0.3) is 10.9 Å². The van der Waals surface area contributed by atoms with Crippen LogP contribution in [0.1, 0.15) is 5.56 Å². The van der Waals surface area contributed by atoms with Gasteiger partial charge < -0.3 is 10.1 Å². The molecule has 2 N–H and O–H groups in total. The normalized spacial score (nSPS) is 12.4. The third-order valence-electron chi connectivity index (χ3n) is 3.27. The van der Waals surface area contributed by atoms with E-state index in [1.165, 1.54) is 12.1 Å². The van der Waals surface area contributed by atoms with Crippen LogP contribution in [0.4, 0.5) is 24.5 Å². The molecule has 0 saturated carbocycles. The quantitative estimate of drug-likeness (QED) is 0.487. The minimum Gasteiger partial charge on any atom is -0.493 e. The van der Waals surface area contributed by atoms with E-state index < -0.39 is 17.6 Å². The van der Waals surface area contributed by atoms with Crippen LogP contribution in [0, 0.1) is 0 Å². The van der Waals surface area contributed by atoms with Crippen molar-refractivity contribution in [1.82, 2.24) is 4.98 Å². The standard InChI is InChI=1S/C15H8Cl2F3N3O/c16-9-2-1-3-11(12(9)17)22-23-13-8-6-7(15(18,19)20)4-5-10(8)21-14(13)24/h1-6,21,24H. The van der Waals surface area contributed by atoms with Gasteiger partial charge in [-0.1, -0.05) is 29.3 Å². The third-order valence-corrected chi connectivity index (χ3v) is 4.08. The first kappa shape index (κ1) is 16.6. The number of alkyl halides is 3. The summed E-state index contributed by atoms with van der Waals surface area (Å²) in [6, 6.07) is 7.70. The summed E-state index contributed by atoms with van der Waals surface area (Å²) >= 11 is 11.8. The van der Waals surface area contributed by atoms with Crippen LogP contribution in [-0.4, -0.2) is 10.1 Å². The Morgan fingerprint density at radius 1 is 1.04 bits per heavy atom. The lowest BCUT2D eigenvalue weighted by molar-refractivity contribution is -0.137. The molecule has 0 amide bonds. The van der Waals surface area contributed by atoms with Crippen LogP contribution in [0.15, 0.2) is 46.6 Å². The Hall–Kier alpha value is -2.25. The van der Waals surface area contributed by atoms with Gasteiger partial charge in [0.05, 0.1) is 21.1 Å². The number of benzene rings is 2. The number of aromatic nitrogens is 1. The summed E-state index contributed by atoms with van der Waals surface area (Å²) in [7, 11) is 0. The van der Waals surface area contributed by atoms with Crippen molar-refractivity contribution in [3.63, 3.8) is 0 Å². The molecule has 1 heterocycles. The van der Waals surface area contributed by atoms with E-state index in [9.17, 15) is 18.3 Å². The van der Waals surface area contributed by atoms with Gasteiger partial charge in [-0.05, 0) is 30.3 Å². The van der Waals surface area contributed by atoms with Crippen molar-refractivity contribution in [2.45, 2.75) is 6.18 Å². The molecule has 0 radical (unpaired) electrons. The van der Waals surface area contributed by atoms with Crippen molar-refractivity contribution in [2.24, 2.45) is 10.2 Å². The van der Waals surface area contributed by atoms with Gasteiger partial charge in [-0.25, -0.2) is 0 Å². The number of hydrogen-bond acceptors (Lipinski definition) is 3. The summed E-state index contributed by atoms with van der Waals surface area (Å²) in [6.07, 6.45) is -4.51. The van der Waals surface area contributed by atoms with Crippen LogP contribution in [0.5, 0.6) is 5.88 Å². The number of azo groups is 1. The molecule has 0 fully saturated rings. The van der Waals surface area contributed by atoms with Gasteiger partial charge in [-0.3, -0.25) is 0 Å². The number of H-pyrrole nitrogens is 1. The smallest absolute Gasteiger partial charge is 0.416 e. The molecule has 0 aliphatic rings. The zero-order chi connectivity index (χ0) is 17.5. The van der Waals surface area contributed by atoms with Crippen LogP contribution in [0.2, 0.25) is 10.0 Å². The van der Waals surface area contributed by atoms with Crippen LogP contribution >= 0.6 is 23.2 Å². The first-order valence-electron chi connectivity index (χ1n) is 6.55. The Balaban J connectivity index is 2.10. The van der Waals surface area contributed by atoms with Gasteiger partial charge >= 0.3 is 6.18 Å². The van der Waals surface area contributed by atoms with E-state index >= 15 is 0 Å². The molecular formula is C15H8Cl2F3N3O. The van der Waals surface area contributed by atoms with Crippen molar-refractivity contribution in [3.05, 3.63) is 52.0 Å². The first-order chi connectivity index (χ1) is 11.3. The molecule has 3 aromatic rings. The lowest BCUT2D eigenvalue weighted by Gasteiger charge is -2.05. The topological polar surface area (TPSA) is 60.7 Å². The number of nitrogens with one attached hydrogen (secondary N) is 1. The number of halogens is 5. The van der Waals surface area contributed by atoms with Crippen molar-refractivity contribution in [3.8, 4) is 5.88 Å². The molecule has 0 atom stereocenters. The molecule has 0 unspecified atom stereocenters. The van der Waals surface area contributed by atoms with E-state index in [2.05, 4.69) is 15.2 Å². The summed E-state index contributed by atoms with van der Waals surface area (Å²) < 4.78 is 38.5. The predicted molar refractivity (Wildman–Crippen MR) is 85.6 cm³/mol. The van der Waals surface area contributed by atoms with E-state index in [1.807, 2.05) is 0 Å². The van der Waals surface area contributed by atoms with Crippen molar-refractivity contribution < 1.29 is 18.3 Å². The molecule has 124 valence electrons. The Labute approximate surface area is 143 Å². The van der Waals surface area contributed by atoms with Gasteiger partial charge in [0, 0.05) is 5.39 Å². The maximum Gasteiger partial charge on any atom is 0.416 e. The summed E-state index contributed by atoms with van der Waals surface area (Å²) in [5.74, 6) is -0.397. The lowest BCUT2D eigenvalue weighted by atomic mass is 10.1. The highest BCUT2D eigenvalue weighted by Crippen LogP contribution is 2.40. The van der Waals surface area contributed by atoms with E-state index in [0.717, 1.165) is 12.1 Å². The highest BCUT2D eigenvalue weighted by atomic mass is 35.5.